The largest absolute Gasteiger partial charge is 0.495 e. The molecule has 0 aliphatic heterocycles. The predicted molar refractivity (Wildman–Crippen MR) is 104 cm³/mol. The van der Waals surface area contributed by atoms with E-state index in [1.807, 2.05) is 0 Å². The van der Waals surface area contributed by atoms with Crippen molar-refractivity contribution in [3.05, 3.63) is 67.0 Å². The molecule has 11 heteroatoms. The Morgan fingerprint density at radius 3 is 2.52 bits per heavy atom. The number of benzene rings is 1. The van der Waals surface area contributed by atoms with Gasteiger partial charge in [-0.1, -0.05) is 0 Å². The van der Waals surface area contributed by atoms with Crippen LogP contribution in [0.1, 0.15) is 5.56 Å². The Morgan fingerprint density at radius 1 is 1.28 bits per heavy atom. The summed E-state index contributed by atoms with van der Waals surface area (Å²) >= 11 is 0. The van der Waals surface area contributed by atoms with Gasteiger partial charge in [0, 0.05) is 36.6 Å². The number of ether oxygens (including phenoxy) is 1. The van der Waals surface area contributed by atoms with E-state index >= 15 is 0 Å². The third-order valence-corrected chi connectivity index (χ3v) is 4.35. The van der Waals surface area contributed by atoms with Gasteiger partial charge in [0.05, 0.1) is 12.0 Å². The van der Waals surface area contributed by atoms with E-state index in [-0.39, 0.29) is 22.5 Å². The second-order valence-electron chi connectivity index (χ2n) is 6.26. The van der Waals surface area contributed by atoms with E-state index in [0.717, 1.165) is 9.13 Å². The highest BCUT2D eigenvalue weighted by Crippen LogP contribution is 2.23. The van der Waals surface area contributed by atoms with E-state index in [0.29, 0.717) is 11.3 Å². The molecule has 3 rings (SSSR count). The van der Waals surface area contributed by atoms with Crippen LogP contribution in [0.2, 0.25) is 0 Å². The van der Waals surface area contributed by atoms with E-state index in [2.05, 4.69) is 10.3 Å². The summed E-state index contributed by atoms with van der Waals surface area (Å²) in [6.07, 6.45) is 1.49. The number of hydrogen-bond acceptors (Lipinski definition) is 7. The van der Waals surface area contributed by atoms with Crippen LogP contribution in [0.25, 0.3) is 11.0 Å². The van der Waals surface area contributed by atoms with Gasteiger partial charge >= 0.3 is 5.69 Å². The number of anilines is 1. The second-order valence-corrected chi connectivity index (χ2v) is 6.26. The van der Waals surface area contributed by atoms with Gasteiger partial charge < -0.3 is 10.1 Å². The van der Waals surface area contributed by atoms with Crippen LogP contribution in [0.3, 0.4) is 0 Å². The fourth-order valence-electron chi connectivity index (χ4n) is 2.93. The van der Waals surface area contributed by atoms with Gasteiger partial charge in [-0.25, -0.2) is 14.3 Å². The molecule has 2 heterocycles. The van der Waals surface area contributed by atoms with Crippen molar-refractivity contribution in [1.29, 1.82) is 0 Å². The number of nitro benzene ring substituents is 1. The maximum absolute atomic E-state index is 12.9. The van der Waals surface area contributed by atoms with Crippen LogP contribution in [0.4, 0.5) is 11.4 Å². The lowest BCUT2D eigenvalue weighted by atomic mass is 10.2. The van der Waals surface area contributed by atoms with Crippen LogP contribution < -0.4 is 21.3 Å². The van der Waals surface area contributed by atoms with Crippen LogP contribution in [0.15, 0.2) is 40.1 Å². The molecular weight excluding hydrogens is 382 g/mol. The fourth-order valence-corrected chi connectivity index (χ4v) is 2.93. The van der Waals surface area contributed by atoms with Crippen molar-refractivity contribution in [2.75, 3.05) is 12.4 Å². The molecule has 0 spiro atoms. The SMILES string of the molecule is COc1c(C)cnc2c1c(=O)n(CC(=O)Nc1ccc([N+](=O)[O-])cc1)c(=O)n2C. The number of non-ortho nitro benzene ring substituents is 1. The number of amides is 1. The average Bonchev–Trinajstić information content (AvgIpc) is 2.69. The zero-order valence-corrected chi connectivity index (χ0v) is 15.8. The number of aromatic nitrogens is 3. The highest BCUT2D eigenvalue weighted by atomic mass is 16.6. The molecule has 2 aromatic heterocycles. The molecule has 0 bridgehead atoms. The lowest BCUT2D eigenvalue weighted by Gasteiger charge is -2.13. The van der Waals surface area contributed by atoms with Gasteiger partial charge in [-0.2, -0.15) is 0 Å². The lowest BCUT2D eigenvalue weighted by Crippen LogP contribution is -2.42. The van der Waals surface area contributed by atoms with E-state index in [9.17, 15) is 24.5 Å². The summed E-state index contributed by atoms with van der Waals surface area (Å²) in [5.74, 6) is -0.364. The number of aryl methyl sites for hydroxylation is 2. The molecule has 1 aromatic carbocycles. The first kappa shape index (κ1) is 19.7. The Morgan fingerprint density at radius 2 is 1.93 bits per heavy atom. The first-order valence-electron chi connectivity index (χ1n) is 8.42. The summed E-state index contributed by atoms with van der Waals surface area (Å²) in [5.41, 5.74) is -0.485. The molecule has 1 N–H and O–H groups in total. The van der Waals surface area contributed by atoms with Crippen LogP contribution in [-0.2, 0) is 18.4 Å². The molecule has 0 aliphatic rings. The summed E-state index contributed by atoms with van der Waals surface area (Å²) in [4.78, 5) is 52.1. The molecule has 0 aliphatic carbocycles. The molecule has 0 saturated carbocycles. The Bertz CT molecular complexity index is 1240. The maximum Gasteiger partial charge on any atom is 0.332 e. The van der Waals surface area contributed by atoms with Gasteiger partial charge in [0.25, 0.3) is 11.2 Å². The second kappa shape index (κ2) is 7.54. The Hall–Kier alpha value is -4.02. The topological polar surface area (TPSA) is 138 Å². The number of nitro groups is 1. The quantitative estimate of drug-likeness (QED) is 0.498. The summed E-state index contributed by atoms with van der Waals surface area (Å²) in [6.45, 7) is 1.16. The number of fused-ring (bicyclic) bond motifs is 1. The fraction of sp³-hybridized carbons (Fsp3) is 0.222. The van der Waals surface area contributed by atoms with Crippen molar-refractivity contribution in [3.8, 4) is 5.75 Å². The zero-order chi connectivity index (χ0) is 21.3. The Labute approximate surface area is 163 Å². The number of carbonyl (C=O) groups excluding carboxylic acids is 1. The number of methoxy groups -OCH3 is 1. The standard InChI is InChI=1S/C18H17N5O6/c1-10-8-19-16-14(15(10)29-3)17(25)22(18(26)21(16)2)9-13(24)20-11-4-6-12(7-5-11)23(27)28/h4-8H,9H2,1-3H3,(H,20,24). The smallest absolute Gasteiger partial charge is 0.332 e. The Kier molecular flexibility index (Phi) is 5.13. The van der Waals surface area contributed by atoms with Gasteiger partial charge in [0.1, 0.15) is 17.7 Å². The number of nitrogens with one attached hydrogen (secondary N) is 1. The third-order valence-electron chi connectivity index (χ3n) is 4.35. The molecule has 3 aromatic rings. The van der Waals surface area contributed by atoms with Crippen molar-refractivity contribution in [1.82, 2.24) is 14.1 Å². The molecule has 29 heavy (non-hydrogen) atoms. The van der Waals surface area contributed by atoms with Crippen molar-refractivity contribution < 1.29 is 14.5 Å². The normalized spacial score (nSPS) is 10.7. The summed E-state index contributed by atoms with van der Waals surface area (Å²) in [5, 5.41) is 13.3. The van der Waals surface area contributed by atoms with Crippen molar-refractivity contribution in [3.63, 3.8) is 0 Å². The highest BCUT2D eigenvalue weighted by Gasteiger charge is 2.19. The first-order chi connectivity index (χ1) is 13.7. The number of rotatable bonds is 5. The van der Waals surface area contributed by atoms with Crippen LogP contribution in [0, 0.1) is 17.0 Å². The minimum Gasteiger partial charge on any atom is -0.495 e. The van der Waals surface area contributed by atoms with E-state index in [1.165, 1.54) is 44.6 Å². The van der Waals surface area contributed by atoms with Gasteiger partial charge in [-0.3, -0.25) is 24.3 Å². The number of carbonyl (C=O) groups is 1. The third kappa shape index (κ3) is 3.57. The molecule has 11 nitrogen and oxygen atoms in total. The van der Waals surface area contributed by atoms with Gasteiger partial charge in [0.2, 0.25) is 5.91 Å². The van der Waals surface area contributed by atoms with Crippen molar-refractivity contribution in [2.24, 2.45) is 7.05 Å². The number of pyridine rings is 1. The minimum atomic E-state index is -0.709. The maximum atomic E-state index is 12.9. The average molecular weight is 399 g/mol. The van der Waals surface area contributed by atoms with Crippen LogP contribution in [0.5, 0.6) is 5.75 Å². The summed E-state index contributed by atoms with van der Waals surface area (Å²) < 4.78 is 7.24. The van der Waals surface area contributed by atoms with Crippen molar-refractivity contribution in [2.45, 2.75) is 13.5 Å². The van der Waals surface area contributed by atoms with Crippen molar-refractivity contribution >= 4 is 28.3 Å². The number of hydrogen-bond donors (Lipinski definition) is 1. The predicted octanol–water partition coefficient (Wildman–Crippen LogP) is 0.959. The van der Waals surface area contributed by atoms with Crippen LogP contribution in [-0.4, -0.2) is 32.1 Å². The molecule has 0 radical (unpaired) electrons. The van der Waals surface area contributed by atoms with E-state index < -0.39 is 28.6 Å². The molecule has 0 atom stereocenters. The summed E-state index contributed by atoms with van der Waals surface area (Å²) in [6, 6.07) is 5.17. The molecule has 150 valence electrons. The van der Waals surface area contributed by atoms with Gasteiger partial charge in [-0.05, 0) is 19.1 Å². The summed E-state index contributed by atoms with van der Waals surface area (Å²) in [7, 11) is 2.84. The minimum absolute atomic E-state index is 0.0951. The number of nitrogens with zero attached hydrogens (tertiary/aromatic N) is 4. The zero-order valence-electron chi connectivity index (χ0n) is 15.8. The first-order valence-corrected chi connectivity index (χ1v) is 8.42. The Balaban J connectivity index is 1.99. The lowest BCUT2D eigenvalue weighted by molar-refractivity contribution is -0.384. The van der Waals surface area contributed by atoms with E-state index in [4.69, 9.17) is 4.74 Å². The monoisotopic (exact) mass is 399 g/mol. The molecule has 0 saturated heterocycles. The highest BCUT2D eigenvalue weighted by molar-refractivity contribution is 5.91. The van der Waals surface area contributed by atoms with Gasteiger partial charge in [0.15, 0.2) is 5.65 Å². The van der Waals surface area contributed by atoms with Crippen LogP contribution >= 0.6 is 0 Å². The van der Waals surface area contributed by atoms with E-state index in [1.54, 1.807) is 6.92 Å². The molecule has 1 amide bonds. The molecule has 0 fully saturated rings. The molecular formula is C18H17N5O6. The molecule has 0 unspecified atom stereocenters. The van der Waals surface area contributed by atoms with Gasteiger partial charge in [-0.15, -0.1) is 0 Å².